The maximum absolute atomic E-state index is 4.48. The number of fused-ring (bicyclic) bond motifs is 1. The summed E-state index contributed by atoms with van der Waals surface area (Å²) in [6.07, 6.45) is 6.13. The first-order valence-electron chi connectivity index (χ1n) is 6.94. The molecule has 0 saturated heterocycles. The summed E-state index contributed by atoms with van der Waals surface area (Å²) in [5.74, 6) is 1.35. The van der Waals surface area contributed by atoms with Gasteiger partial charge in [-0.15, -0.1) is 0 Å². The Morgan fingerprint density at radius 1 is 1.14 bits per heavy atom. The van der Waals surface area contributed by atoms with Crippen LogP contribution in [-0.4, -0.2) is 38.0 Å². The fourth-order valence-corrected chi connectivity index (χ4v) is 2.07. The van der Waals surface area contributed by atoms with Crippen molar-refractivity contribution in [2.75, 3.05) is 23.7 Å². The number of hydrogen-bond acceptors (Lipinski definition) is 6. The van der Waals surface area contributed by atoms with Crippen LogP contribution in [0.3, 0.4) is 0 Å². The number of aromatic nitrogens is 5. The third-order valence-electron chi connectivity index (χ3n) is 3.08. The van der Waals surface area contributed by atoms with Gasteiger partial charge in [-0.05, 0) is 31.0 Å². The van der Waals surface area contributed by atoms with Crippen molar-refractivity contribution in [3.8, 4) is 0 Å². The number of hydrogen-bond donors (Lipinski definition) is 3. The van der Waals surface area contributed by atoms with Gasteiger partial charge in [0.2, 0.25) is 5.95 Å². The highest BCUT2D eigenvalue weighted by Gasteiger charge is 2.09. The molecule has 0 bridgehead atoms. The molecular formula is C14H17N7. The molecule has 0 aromatic carbocycles. The molecule has 3 N–H and O–H groups in total. The van der Waals surface area contributed by atoms with Crippen molar-refractivity contribution in [1.82, 2.24) is 24.9 Å². The molecule has 0 unspecified atom stereocenters. The molecule has 3 aromatic rings. The molecule has 0 atom stereocenters. The van der Waals surface area contributed by atoms with E-state index < -0.39 is 0 Å². The van der Waals surface area contributed by atoms with Gasteiger partial charge in [0.15, 0.2) is 11.5 Å². The highest BCUT2D eigenvalue weighted by atomic mass is 15.2. The molecule has 0 aliphatic carbocycles. The monoisotopic (exact) mass is 283 g/mol. The zero-order chi connectivity index (χ0) is 14.5. The molecule has 3 rings (SSSR count). The first-order chi connectivity index (χ1) is 10.4. The van der Waals surface area contributed by atoms with Crippen molar-refractivity contribution in [2.45, 2.75) is 13.3 Å². The largest absolute Gasteiger partial charge is 0.368 e. The molecule has 0 radical (unpaired) electrons. The second-order valence-corrected chi connectivity index (χ2v) is 4.56. The Hall–Kier alpha value is -2.70. The third kappa shape index (κ3) is 3.07. The summed E-state index contributed by atoms with van der Waals surface area (Å²) in [7, 11) is 0. The Kier molecular flexibility index (Phi) is 3.90. The van der Waals surface area contributed by atoms with Crippen LogP contribution in [-0.2, 0) is 6.42 Å². The smallest absolute Gasteiger partial charge is 0.226 e. The van der Waals surface area contributed by atoms with Gasteiger partial charge in [-0.1, -0.05) is 0 Å². The van der Waals surface area contributed by atoms with Gasteiger partial charge in [0, 0.05) is 25.5 Å². The molecular weight excluding hydrogens is 266 g/mol. The van der Waals surface area contributed by atoms with Gasteiger partial charge in [-0.25, -0.2) is 4.98 Å². The SMILES string of the molecule is CCNc1nc(NCCc2ccncc2)c2[nH]cnc2n1. The normalized spacial score (nSPS) is 10.7. The summed E-state index contributed by atoms with van der Waals surface area (Å²) < 4.78 is 0. The highest BCUT2D eigenvalue weighted by molar-refractivity contribution is 5.83. The van der Waals surface area contributed by atoms with Gasteiger partial charge < -0.3 is 15.6 Å². The molecule has 0 saturated carbocycles. The van der Waals surface area contributed by atoms with E-state index in [2.05, 4.69) is 35.6 Å². The summed E-state index contributed by atoms with van der Waals surface area (Å²) in [6.45, 7) is 3.56. The maximum atomic E-state index is 4.48. The topological polar surface area (TPSA) is 91.4 Å². The first-order valence-corrected chi connectivity index (χ1v) is 6.94. The van der Waals surface area contributed by atoms with Gasteiger partial charge in [0.25, 0.3) is 0 Å². The van der Waals surface area contributed by atoms with Crippen LogP contribution < -0.4 is 10.6 Å². The minimum absolute atomic E-state index is 0.587. The molecule has 21 heavy (non-hydrogen) atoms. The Labute approximate surface area is 122 Å². The van der Waals surface area contributed by atoms with E-state index in [1.807, 2.05) is 19.1 Å². The molecule has 3 heterocycles. The lowest BCUT2D eigenvalue weighted by molar-refractivity contribution is 0.996. The van der Waals surface area contributed by atoms with Crippen molar-refractivity contribution in [3.05, 3.63) is 36.4 Å². The van der Waals surface area contributed by atoms with Gasteiger partial charge >= 0.3 is 0 Å². The summed E-state index contributed by atoms with van der Waals surface area (Å²) in [5, 5.41) is 6.45. The fourth-order valence-electron chi connectivity index (χ4n) is 2.07. The van der Waals surface area contributed by atoms with Crippen LogP contribution in [0.5, 0.6) is 0 Å². The van der Waals surface area contributed by atoms with E-state index >= 15 is 0 Å². The van der Waals surface area contributed by atoms with E-state index in [4.69, 9.17) is 0 Å². The average molecular weight is 283 g/mol. The van der Waals surface area contributed by atoms with Crippen LogP contribution in [0.25, 0.3) is 11.2 Å². The van der Waals surface area contributed by atoms with E-state index in [1.165, 1.54) is 5.56 Å². The predicted molar refractivity (Wildman–Crippen MR) is 82.3 cm³/mol. The van der Waals surface area contributed by atoms with Crippen molar-refractivity contribution >= 4 is 22.9 Å². The zero-order valence-corrected chi connectivity index (χ0v) is 11.8. The van der Waals surface area contributed by atoms with Crippen molar-refractivity contribution < 1.29 is 0 Å². The number of H-pyrrole nitrogens is 1. The lowest BCUT2D eigenvalue weighted by atomic mass is 10.2. The van der Waals surface area contributed by atoms with Gasteiger partial charge in [-0.2, -0.15) is 9.97 Å². The molecule has 108 valence electrons. The van der Waals surface area contributed by atoms with Crippen LogP contribution in [0.4, 0.5) is 11.8 Å². The number of rotatable bonds is 6. The van der Waals surface area contributed by atoms with Crippen LogP contribution in [0, 0.1) is 0 Å². The first kappa shape index (κ1) is 13.3. The van der Waals surface area contributed by atoms with Crippen LogP contribution in [0.1, 0.15) is 12.5 Å². The second kappa shape index (κ2) is 6.17. The number of pyridine rings is 1. The number of anilines is 2. The summed E-state index contributed by atoms with van der Waals surface area (Å²) in [5.41, 5.74) is 2.72. The Morgan fingerprint density at radius 2 is 2.00 bits per heavy atom. The van der Waals surface area contributed by atoms with Gasteiger partial charge in [-0.3, -0.25) is 4.98 Å². The lowest BCUT2D eigenvalue weighted by Crippen LogP contribution is -2.10. The summed E-state index contributed by atoms with van der Waals surface area (Å²) in [6, 6.07) is 4.02. The van der Waals surface area contributed by atoms with Gasteiger partial charge in [0.05, 0.1) is 6.33 Å². The Morgan fingerprint density at radius 3 is 2.81 bits per heavy atom. The second-order valence-electron chi connectivity index (χ2n) is 4.56. The molecule has 7 nitrogen and oxygen atoms in total. The van der Waals surface area contributed by atoms with Crippen molar-refractivity contribution in [1.29, 1.82) is 0 Å². The number of aromatic amines is 1. The predicted octanol–water partition coefficient (Wildman–Crippen LogP) is 1.83. The van der Waals surface area contributed by atoms with Crippen molar-refractivity contribution in [3.63, 3.8) is 0 Å². The zero-order valence-electron chi connectivity index (χ0n) is 11.8. The molecule has 0 spiro atoms. The molecule has 3 aromatic heterocycles. The Balaban J connectivity index is 1.74. The quantitative estimate of drug-likeness (QED) is 0.639. The standard InChI is InChI=1S/C14H17N7/c1-2-16-14-20-12(11-13(21-14)19-9-18-11)17-8-5-10-3-6-15-7-4-10/h3-4,6-7,9H,2,5,8H2,1H3,(H3,16,17,18,19,20,21). The average Bonchev–Trinajstić information content (AvgIpc) is 2.97. The van der Waals surface area contributed by atoms with Crippen molar-refractivity contribution in [2.24, 2.45) is 0 Å². The maximum Gasteiger partial charge on any atom is 0.226 e. The van der Waals surface area contributed by atoms with E-state index in [1.54, 1.807) is 18.7 Å². The van der Waals surface area contributed by atoms with Crippen LogP contribution >= 0.6 is 0 Å². The number of nitrogens with one attached hydrogen (secondary N) is 3. The molecule has 0 aliphatic rings. The van der Waals surface area contributed by atoms with E-state index in [-0.39, 0.29) is 0 Å². The summed E-state index contributed by atoms with van der Waals surface area (Å²) >= 11 is 0. The minimum Gasteiger partial charge on any atom is -0.368 e. The molecule has 7 heteroatoms. The number of nitrogens with zero attached hydrogens (tertiary/aromatic N) is 4. The van der Waals surface area contributed by atoms with E-state index in [0.29, 0.717) is 11.6 Å². The van der Waals surface area contributed by atoms with E-state index in [9.17, 15) is 0 Å². The highest BCUT2D eigenvalue weighted by Crippen LogP contribution is 2.18. The summed E-state index contributed by atoms with van der Waals surface area (Å²) in [4.78, 5) is 20.1. The Bertz CT molecular complexity index is 708. The molecule has 0 aliphatic heterocycles. The fraction of sp³-hybridized carbons (Fsp3) is 0.286. The molecule has 0 fully saturated rings. The third-order valence-corrected chi connectivity index (χ3v) is 3.08. The van der Waals surface area contributed by atoms with E-state index in [0.717, 1.165) is 30.8 Å². The lowest BCUT2D eigenvalue weighted by Gasteiger charge is -2.08. The number of imidazole rings is 1. The van der Waals surface area contributed by atoms with Crippen LogP contribution in [0.15, 0.2) is 30.9 Å². The minimum atomic E-state index is 0.587. The van der Waals surface area contributed by atoms with Crippen LogP contribution in [0.2, 0.25) is 0 Å². The molecule has 0 amide bonds. The van der Waals surface area contributed by atoms with Gasteiger partial charge in [0.1, 0.15) is 5.52 Å².